The molecule has 0 atom stereocenters. The number of imidazole rings is 1. The SMILES string of the molecule is Cc1ccn2c(=O)cc(CSc3nc(-c4ccccc4)c4c(C)cc(C)nn34)nc2c1. The Morgan fingerprint density at radius 3 is 2.58 bits per heavy atom. The van der Waals surface area contributed by atoms with Crippen LogP contribution < -0.4 is 5.56 Å². The second kappa shape index (κ2) is 7.67. The summed E-state index contributed by atoms with van der Waals surface area (Å²) in [5.74, 6) is 0.529. The van der Waals surface area contributed by atoms with Crippen LogP contribution in [0.15, 0.2) is 70.7 Å². The van der Waals surface area contributed by atoms with Crippen LogP contribution in [0, 0.1) is 20.8 Å². The maximum atomic E-state index is 12.5. The first-order chi connectivity index (χ1) is 15.0. The minimum Gasteiger partial charge on any atom is -0.269 e. The Labute approximate surface area is 183 Å². The molecule has 1 aromatic carbocycles. The number of benzene rings is 1. The van der Waals surface area contributed by atoms with Crippen molar-refractivity contribution in [3.05, 3.63) is 93.7 Å². The van der Waals surface area contributed by atoms with Gasteiger partial charge in [0.25, 0.3) is 5.56 Å². The highest BCUT2D eigenvalue weighted by Crippen LogP contribution is 2.31. The molecule has 0 unspecified atom stereocenters. The van der Waals surface area contributed by atoms with Gasteiger partial charge in [-0.1, -0.05) is 42.1 Å². The standard InChI is InChI=1S/C24H21N5OS/c1-15-9-10-28-20(11-15)25-19(13-21(28)30)14-31-24-26-22(18-7-5-4-6-8-18)23-16(2)12-17(3)27-29(23)24/h4-13H,14H2,1-3H3. The van der Waals surface area contributed by atoms with Crippen LogP contribution >= 0.6 is 11.8 Å². The molecule has 7 heteroatoms. The number of nitrogens with zero attached hydrogens (tertiary/aromatic N) is 5. The molecule has 0 aliphatic carbocycles. The van der Waals surface area contributed by atoms with Crippen LogP contribution in [0.3, 0.4) is 0 Å². The third-order valence-corrected chi connectivity index (χ3v) is 6.12. The molecule has 0 saturated heterocycles. The zero-order valence-corrected chi connectivity index (χ0v) is 18.3. The molecule has 5 aromatic rings. The van der Waals surface area contributed by atoms with Gasteiger partial charge in [0, 0.05) is 23.6 Å². The zero-order valence-electron chi connectivity index (χ0n) is 17.5. The molecular formula is C24H21N5OS. The normalized spacial score (nSPS) is 11.5. The number of pyridine rings is 1. The number of thioether (sulfide) groups is 1. The third-order valence-electron chi connectivity index (χ3n) is 5.15. The zero-order chi connectivity index (χ0) is 21.5. The molecule has 5 rings (SSSR count). The van der Waals surface area contributed by atoms with Gasteiger partial charge in [-0.2, -0.15) is 5.10 Å². The number of hydrogen-bond donors (Lipinski definition) is 0. The third kappa shape index (κ3) is 3.61. The van der Waals surface area contributed by atoms with E-state index in [0.29, 0.717) is 11.4 Å². The predicted molar refractivity (Wildman–Crippen MR) is 124 cm³/mol. The average Bonchev–Trinajstić information content (AvgIpc) is 3.11. The van der Waals surface area contributed by atoms with Crippen LogP contribution in [0.4, 0.5) is 0 Å². The minimum atomic E-state index is -0.0802. The fourth-order valence-electron chi connectivity index (χ4n) is 3.76. The molecule has 0 amide bonds. The van der Waals surface area contributed by atoms with Crippen molar-refractivity contribution in [1.29, 1.82) is 0 Å². The largest absolute Gasteiger partial charge is 0.269 e. The Kier molecular flexibility index (Phi) is 4.82. The molecule has 0 fully saturated rings. The summed E-state index contributed by atoms with van der Waals surface area (Å²) in [4.78, 5) is 22.1. The molecule has 4 heterocycles. The molecule has 154 valence electrons. The Morgan fingerprint density at radius 2 is 1.77 bits per heavy atom. The van der Waals surface area contributed by atoms with Crippen LogP contribution in [0.5, 0.6) is 0 Å². The molecule has 0 bridgehead atoms. The molecule has 0 saturated carbocycles. The summed E-state index contributed by atoms with van der Waals surface area (Å²) in [7, 11) is 0. The fraction of sp³-hybridized carbons (Fsp3) is 0.167. The van der Waals surface area contributed by atoms with Gasteiger partial charge in [-0.05, 0) is 50.1 Å². The van der Waals surface area contributed by atoms with Crippen LogP contribution in [0.2, 0.25) is 0 Å². The molecule has 0 radical (unpaired) electrons. The quantitative estimate of drug-likeness (QED) is 0.392. The smallest absolute Gasteiger partial charge is 0.258 e. The van der Waals surface area contributed by atoms with E-state index < -0.39 is 0 Å². The molecule has 0 N–H and O–H groups in total. The van der Waals surface area contributed by atoms with E-state index in [1.165, 1.54) is 11.8 Å². The van der Waals surface area contributed by atoms with Crippen LogP contribution in [-0.2, 0) is 5.75 Å². The number of aromatic nitrogens is 5. The van der Waals surface area contributed by atoms with Crippen molar-refractivity contribution in [2.45, 2.75) is 31.7 Å². The van der Waals surface area contributed by atoms with Crippen molar-refractivity contribution in [1.82, 2.24) is 24.0 Å². The number of hydrogen-bond acceptors (Lipinski definition) is 5. The monoisotopic (exact) mass is 427 g/mol. The summed E-state index contributed by atoms with van der Waals surface area (Å²) in [5, 5.41) is 5.51. The van der Waals surface area contributed by atoms with E-state index in [2.05, 4.69) is 30.1 Å². The van der Waals surface area contributed by atoms with Gasteiger partial charge in [-0.25, -0.2) is 14.5 Å². The number of rotatable bonds is 4. The number of fused-ring (bicyclic) bond motifs is 2. The van der Waals surface area contributed by atoms with Crippen LogP contribution in [0.1, 0.15) is 22.5 Å². The lowest BCUT2D eigenvalue weighted by atomic mass is 10.1. The lowest BCUT2D eigenvalue weighted by molar-refractivity contribution is 0.792. The molecule has 0 aliphatic rings. The van der Waals surface area contributed by atoms with Crippen molar-refractivity contribution >= 4 is 22.9 Å². The highest BCUT2D eigenvalue weighted by atomic mass is 32.2. The highest BCUT2D eigenvalue weighted by Gasteiger charge is 2.17. The van der Waals surface area contributed by atoms with Gasteiger partial charge >= 0.3 is 0 Å². The molecule has 0 spiro atoms. The van der Waals surface area contributed by atoms with E-state index >= 15 is 0 Å². The van der Waals surface area contributed by atoms with E-state index in [-0.39, 0.29) is 5.56 Å². The van der Waals surface area contributed by atoms with Crippen molar-refractivity contribution in [2.75, 3.05) is 0 Å². The van der Waals surface area contributed by atoms with E-state index in [1.807, 2.05) is 48.7 Å². The van der Waals surface area contributed by atoms with E-state index in [1.54, 1.807) is 16.7 Å². The summed E-state index contributed by atoms with van der Waals surface area (Å²) in [5.41, 5.74) is 7.40. The lowest BCUT2D eigenvalue weighted by Gasteiger charge is -2.06. The molecule has 31 heavy (non-hydrogen) atoms. The first-order valence-electron chi connectivity index (χ1n) is 10.0. The lowest BCUT2D eigenvalue weighted by Crippen LogP contribution is -2.15. The molecule has 4 aromatic heterocycles. The second-order valence-corrected chi connectivity index (χ2v) is 8.59. The Hall–Kier alpha value is -3.45. The first-order valence-corrected chi connectivity index (χ1v) is 11.0. The van der Waals surface area contributed by atoms with Crippen LogP contribution in [-0.4, -0.2) is 24.0 Å². The maximum Gasteiger partial charge on any atom is 0.258 e. The Bertz CT molecular complexity index is 1490. The fourth-order valence-corrected chi connectivity index (χ4v) is 4.60. The topological polar surface area (TPSA) is 64.6 Å². The van der Waals surface area contributed by atoms with Gasteiger partial charge in [-0.3, -0.25) is 9.20 Å². The van der Waals surface area contributed by atoms with E-state index in [4.69, 9.17) is 10.1 Å². The van der Waals surface area contributed by atoms with Crippen molar-refractivity contribution in [2.24, 2.45) is 0 Å². The predicted octanol–water partition coefficient (Wildman–Crippen LogP) is 4.62. The van der Waals surface area contributed by atoms with E-state index in [9.17, 15) is 4.79 Å². The van der Waals surface area contributed by atoms with Gasteiger partial charge in [0.1, 0.15) is 5.65 Å². The Morgan fingerprint density at radius 1 is 0.968 bits per heavy atom. The van der Waals surface area contributed by atoms with Crippen molar-refractivity contribution in [3.63, 3.8) is 0 Å². The maximum absolute atomic E-state index is 12.5. The number of aryl methyl sites for hydroxylation is 3. The van der Waals surface area contributed by atoms with Gasteiger partial charge in [-0.15, -0.1) is 0 Å². The molecule has 6 nitrogen and oxygen atoms in total. The van der Waals surface area contributed by atoms with Crippen LogP contribution in [0.25, 0.3) is 22.4 Å². The second-order valence-electron chi connectivity index (χ2n) is 7.64. The Balaban J connectivity index is 1.57. The minimum absolute atomic E-state index is 0.0802. The van der Waals surface area contributed by atoms with Gasteiger partial charge in [0.05, 0.1) is 22.6 Å². The molecule has 0 aliphatic heterocycles. The van der Waals surface area contributed by atoms with Gasteiger partial charge in [0.2, 0.25) is 0 Å². The van der Waals surface area contributed by atoms with Gasteiger partial charge in [0.15, 0.2) is 5.16 Å². The van der Waals surface area contributed by atoms with E-state index in [0.717, 1.165) is 44.4 Å². The highest BCUT2D eigenvalue weighted by molar-refractivity contribution is 7.98. The average molecular weight is 428 g/mol. The summed E-state index contributed by atoms with van der Waals surface area (Å²) < 4.78 is 3.48. The summed E-state index contributed by atoms with van der Waals surface area (Å²) >= 11 is 1.54. The molecular weight excluding hydrogens is 406 g/mol. The summed E-state index contributed by atoms with van der Waals surface area (Å²) in [6, 6.07) is 17.6. The van der Waals surface area contributed by atoms with Crippen molar-refractivity contribution in [3.8, 4) is 11.3 Å². The summed E-state index contributed by atoms with van der Waals surface area (Å²) in [6.07, 6.45) is 1.76. The van der Waals surface area contributed by atoms with Gasteiger partial charge < -0.3 is 0 Å². The van der Waals surface area contributed by atoms with Crippen molar-refractivity contribution < 1.29 is 0 Å². The summed E-state index contributed by atoms with van der Waals surface area (Å²) in [6.45, 7) is 6.06. The first kappa shape index (κ1) is 19.5.